The van der Waals surface area contributed by atoms with Gasteiger partial charge in [0, 0.05) is 23.2 Å². The number of carbonyl (C=O) groups is 1. The van der Waals surface area contributed by atoms with E-state index in [2.05, 4.69) is 64.8 Å². The molecule has 1 aliphatic rings. The molecule has 1 aliphatic heterocycles. The molecule has 1 amide bonds. The van der Waals surface area contributed by atoms with Crippen molar-refractivity contribution in [3.05, 3.63) is 52.6 Å². The zero-order valence-corrected chi connectivity index (χ0v) is 18.1. The summed E-state index contributed by atoms with van der Waals surface area (Å²) in [4.78, 5) is 30.7. The number of aromatic nitrogens is 1. The Bertz CT molecular complexity index is 854. The fraction of sp³-hybridized carbons (Fsp3) is 0.455. The standard InChI is InChI=1S/C22H28N4O2S/c1-22(2,3)16-8-10-18(11-9-16)29-25-17-14-19(21(27)24-28)20(23-15-17)26-12-6-4-5-7-13-26/h8-11,14-15,25H,4-7,12-13H2,1-3H3. The minimum atomic E-state index is -0.778. The van der Waals surface area contributed by atoms with Crippen LogP contribution in [0.3, 0.4) is 0 Å². The molecule has 3 rings (SSSR count). The number of amides is 1. The van der Waals surface area contributed by atoms with Crippen LogP contribution >= 0.6 is 11.9 Å². The second-order valence-corrected chi connectivity index (χ2v) is 9.25. The zero-order chi connectivity index (χ0) is 20.9. The van der Waals surface area contributed by atoms with Crippen LogP contribution in [0.15, 0.2) is 46.6 Å². The molecule has 2 heterocycles. The van der Waals surface area contributed by atoms with Gasteiger partial charge >= 0.3 is 5.91 Å². The normalized spacial score (nSPS) is 14.9. The Kier molecular flexibility index (Phi) is 6.90. The maximum Gasteiger partial charge on any atom is 0.320 e. The van der Waals surface area contributed by atoms with Crippen molar-refractivity contribution in [2.75, 3.05) is 22.7 Å². The number of carbonyl (C=O) groups excluding carboxylic acids is 1. The van der Waals surface area contributed by atoms with Crippen molar-refractivity contribution in [3.8, 4) is 0 Å². The number of hydrogen-bond donors (Lipinski definition) is 1. The first-order valence-electron chi connectivity index (χ1n) is 10.0. The zero-order valence-electron chi connectivity index (χ0n) is 17.3. The molecule has 1 saturated heterocycles. The molecule has 1 aromatic heterocycles. The molecule has 2 aromatic rings. The maximum absolute atomic E-state index is 12.1. The summed E-state index contributed by atoms with van der Waals surface area (Å²) < 4.78 is 3.22. The topological polar surface area (TPSA) is 74.7 Å². The molecule has 29 heavy (non-hydrogen) atoms. The van der Waals surface area contributed by atoms with Gasteiger partial charge in [0.05, 0.1) is 17.4 Å². The lowest BCUT2D eigenvalue weighted by molar-refractivity contribution is 0.100. The van der Waals surface area contributed by atoms with Crippen LogP contribution in [0.4, 0.5) is 11.5 Å². The van der Waals surface area contributed by atoms with Crippen LogP contribution in [0.2, 0.25) is 0 Å². The minimum absolute atomic E-state index is 0.112. The molecule has 0 spiro atoms. The van der Waals surface area contributed by atoms with Crippen LogP contribution < -0.4 is 9.62 Å². The highest BCUT2D eigenvalue weighted by molar-refractivity contribution is 8.00. The van der Waals surface area contributed by atoms with Gasteiger partial charge in [0.15, 0.2) is 0 Å². The first-order chi connectivity index (χ1) is 13.9. The van der Waals surface area contributed by atoms with Crippen molar-refractivity contribution < 1.29 is 4.79 Å². The van der Waals surface area contributed by atoms with E-state index in [1.165, 1.54) is 30.4 Å². The number of anilines is 2. The van der Waals surface area contributed by atoms with Crippen molar-refractivity contribution in [2.24, 2.45) is 5.18 Å². The SMILES string of the molecule is CC(C)(C)c1ccc(SNc2cnc(N3CCCCCC3)c(C(=O)N=O)c2)cc1. The van der Waals surface area contributed by atoms with Crippen molar-refractivity contribution in [1.29, 1.82) is 0 Å². The molecular formula is C22H28N4O2S. The van der Waals surface area contributed by atoms with E-state index in [0.29, 0.717) is 11.5 Å². The molecule has 0 bridgehead atoms. The van der Waals surface area contributed by atoms with E-state index in [4.69, 9.17) is 0 Å². The largest absolute Gasteiger partial charge is 0.356 e. The Morgan fingerprint density at radius 3 is 2.34 bits per heavy atom. The second-order valence-electron chi connectivity index (χ2n) is 8.37. The number of nitrogens with one attached hydrogen (secondary N) is 1. The Hall–Kier alpha value is -2.41. The number of nitrogens with zero attached hydrogens (tertiary/aromatic N) is 3. The fourth-order valence-corrected chi connectivity index (χ4v) is 4.01. The van der Waals surface area contributed by atoms with Crippen LogP contribution in [0.25, 0.3) is 0 Å². The lowest BCUT2D eigenvalue weighted by Gasteiger charge is -2.23. The van der Waals surface area contributed by atoms with E-state index in [1.54, 1.807) is 12.3 Å². The van der Waals surface area contributed by atoms with Gasteiger partial charge < -0.3 is 9.62 Å². The summed E-state index contributed by atoms with van der Waals surface area (Å²) in [5, 5.41) is 2.64. The molecule has 0 radical (unpaired) electrons. The first kappa shape index (κ1) is 21.3. The highest BCUT2D eigenvalue weighted by Gasteiger charge is 2.21. The smallest absolute Gasteiger partial charge is 0.320 e. The highest BCUT2D eigenvalue weighted by Crippen LogP contribution is 2.29. The fourth-order valence-electron chi connectivity index (χ4n) is 3.40. The second kappa shape index (κ2) is 9.39. The van der Waals surface area contributed by atoms with Gasteiger partial charge in [0.25, 0.3) is 0 Å². The van der Waals surface area contributed by atoms with Gasteiger partial charge in [0.1, 0.15) is 5.82 Å². The molecule has 0 saturated carbocycles. The summed E-state index contributed by atoms with van der Waals surface area (Å²) in [7, 11) is 0. The Labute approximate surface area is 176 Å². The number of pyridine rings is 1. The summed E-state index contributed by atoms with van der Waals surface area (Å²) >= 11 is 1.44. The number of rotatable bonds is 5. The first-order valence-corrected chi connectivity index (χ1v) is 10.9. The Balaban J connectivity index is 1.76. The van der Waals surface area contributed by atoms with Crippen LogP contribution in [-0.2, 0) is 5.41 Å². The quantitative estimate of drug-likeness (QED) is 0.495. The number of nitroso groups, excluding NO2 is 1. The van der Waals surface area contributed by atoms with E-state index in [9.17, 15) is 9.70 Å². The Morgan fingerprint density at radius 2 is 1.76 bits per heavy atom. The number of hydrogen-bond acceptors (Lipinski definition) is 6. The average molecular weight is 413 g/mol. The Morgan fingerprint density at radius 1 is 1.10 bits per heavy atom. The van der Waals surface area contributed by atoms with Crippen LogP contribution in [0, 0.1) is 4.91 Å². The van der Waals surface area contributed by atoms with E-state index < -0.39 is 5.91 Å². The van der Waals surface area contributed by atoms with Crippen molar-refractivity contribution in [3.63, 3.8) is 0 Å². The van der Waals surface area contributed by atoms with Crippen molar-refractivity contribution in [2.45, 2.75) is 56.8 Å². The number of benzene rings is 1. The van der Waals surface area contributed by atoms with Gasteiger partial charge in [-0.25, -0.2) is 4.98 Å². The highest BCUT2D eigenvalue weighted by atomic mass is 32.2. The molecule has 6 nitrogen and oxygen atoms in total. The summed E-state index contributed by atoms with van der Waals surface area (Å²) in [6, 6.07) is 10.0. The molecule has 0 aliphatic carbocycles. The van der Waals surface area contributed by atoms with Gasteiger partial charge in [-0.2, -0.15) is 0 Å². The van der Waals surface area contributed by atoms with E-state index in [0.717, 1.165) is 30.8 Å². The van der Waals surface area contributed by atoms with Gasteiger partial charge in [-0.3, -0.25) is 4.79 Å². The predicted octanol–water partition coefficient (Wildman–Crippen LogP) is 5.79. The molecule has 1 aromatic carbocycles. The summed E-state index contributed by atoms with van der Waals surface area (Å²) in [5.41, 5.74) is 2.31. The van der Waals surface area contributed by atoms with Gasteiger partial charge in [0.2, 0.25) is 0 Å². The monoisotopic (exact) mass is 412 g/mol. The summed E-state index contributed by atoms with van der Waals surface area (Å²) in [5.74, 6) is -0.221. The van der Waals surface area contributed by atoms with E-state index in [1.807, 2.05) is 0 Å². The van der Waals surface area contributed by atoms with Crippen LogP contribution in [0.1, 0.15) is 62.4 Å². The van der Waals surface area contributed by atoms with Crippen LogP contribution in [-0.4, -0.2) is 24.0 Å². The molecule has 1 fully saturated rings. The van der Waals surface area contributed by atoms with Gasteiger partial charge in [-0.05, 0) is 54.0 Å². The predicted molar refractivity (Wildman–Crippen MR) is 120 cm³/mol. The van der Waals surface area contributed by atoms with Crippen molar-refractivity contribution in [1.82, 2.24) is 4.98 Å². The average Bonchev–Trinajstić information content (AvgIpc) is 3.00. The third kappa shape index (κ3) is 5.56. The summed E-state index contributed by atoms with van der Waals surface area (Å²) in [6.45, 7) is 8.24. The molecule has 0 atom stereocenters. The van der Waals surface area contributed by atoms with Gasteiger partial charge in [-0.15, -0.1) is 4.91 Å². The molecule has 7 heteroatoms. The lowest BCUT2D eigenvalue weighted by Crippen LogP contribution is -2.27. The van der Waals surface area contributed by atoms with E-state index in [-0.39, 0.29) is 11.0 Å². The third-order valence-corrected chi connectivity index (χ3v) is 5.94. The maximum atomic E-state index is 12.1. The molecular weight excluding hydrogens is 384 g/mol. The lowest BCUT2D eigenvalue weighted by atomic mass is 9.87. The molecule has 1 N–H and O–H groups in total. The summed E-state index contributed by atoms with van der Waals surface area (Å²) in [6.07, 6.45) is 6.18. The minimum Gasteiger partial charge on any atom is -0.356 e. The van der Waals surface area contributed by atoms with Gasteiger partial charge in [-0.1, -0.05) is 45.7 Å². The van der Waals surface area contributed by atoms with E-state index >= 15 is 0 Å². The van der Waals surface area contributed by atoms with Crippen molar-refractivity contribution >= 4 is 29.4 Å². The van der Waals surface area contributed by atoms with Crippen LogP contribution in [0.5, 0.6) is 0 Å². The molecule has 154 valence electrons. The third-order valence-electron chi connectivity index (χ3n) is 5.09. The molecule has 0 unspecified atom stereocenters.